The highest BCUT2D eigenvalue weighted by Gasteiger charge is 2.07. The van der Waals surface area contributed by atoms with Crippen molar-refractivity contribution in [2.75, 3.05) is 0 Å². The van der Waals surface area contributed by atoms with Gasteiger partial charge in [0, 0.05) is 17.3 Å². The van der Waals surface area contributed by atoms with Gasteiger partial charge in [-0.25, -0.2) is 0 Å². The van der Waals surface area contributed by atoms with Gasteiger partial charge < -0.3 is 5.73 Å². The minimum absolute atomic E-state index is 0.0361. The highest BCUT2D eigenvalue weighted by Crippen LogP contribution is 2.21. The fraction of sp³-hybridized carbons (Fsp3) is 0.312. The zero-order valence-electron chi connectivity index (χ0n) is 11.3. The number of nitrogens with two attached hydrogens (primary N) is 1. The van der Waals surface area contributed by atoms with E-state index in [2.05, 4.69) is 42.2 Å². The molecular weight excluding hydrogens is 220 g/mol. The third kappa shape index (κ3) is 2.59. The molecule has 18 heavy (non-hydrogen) atoms. The van der Waals surface area contributed by atoms with Gasteiger partial charge in [-0.1, -0.05) is 37.3 Å². The monoisotopic (exact) mass is 240 g/mol. The van der Waals surface area contributed by atoms with Gasteiger partial charge in [0.25, 0.3) is 0 Å². The molecule has 0 radical (unpaired) electrons. The summed E-state index contributed by atoms with van der Waals surface area (Å²) >= 11 is 0. The van der Waals surface area contributed by atoms with Crippen LogP contribution in [0.4, 0.5) is 0 Å². The SMILES string of the molecule is CCc1ccc(-c2ccc(C(C)N)c(C)n2)cc1. The molecule has 0 amide bonds. The lowest BCUT2D eigenvalue weighted by atomic mass is 10.0. The third-order valence-corrected chi connectivity index (χ3v) is 3.28. The van der Waals surface area contributed by atoms with Gasteiger partial charge in [-0.2, -0.15) is 0 Å². The van der Waals surface area contributed by atoms with Gasteiger partial charge >= 0.3 is 0 Å². The number of pyridine rings is 1. The van der Waals surface area contributed by atoms with E-state index in [4.69, 9.17) is 5.73 Å². The second-order valence-electron chi connectivity index (χ2n) is 4.71. The number of aryl methyl sites for hydroxylation is 2. The third-order valence-electron chi connectivity index (χ3n) is 3.28. The zero-order valence-corrected chi connectivity index (χ0v) is 11.3. The van der Waals surface area contributed by atoms with E-state index in [1.165, 1.54) is 5.56 Å². The predicted molar refractivity (Wildman–Crippen MR) is 76.4 cm³/mol. The number of hydrogen-bond acceptors (Lipinski definition) is 2. The second kappa shape index (κ2) is 5.32. The molecule has 2 N–H and O–H groups in total. The molecule has 0 aliphatic carbocycles. The molecule has 2 rings (SSSR count). The smallest absolute Gasteiger partial charge is 0.0705 e. The van der Waals surface area contributed by atoms with E-state index < -0.39 is 0 Å². The van der Waals surface area contributed by atoms with Gasteiger partial charge in [0.05, 0.1) is 5.69 Å². The van der Waals surface area contributed by atoms with E-state index in [0.717, 1.165) is 28.9 Å². The number of rotatable bonds is 3. The second-order valence-corrected chi connectivity index (χ2v) is 4.71. The van der Waals surface area contributed by atoms with Crippen LogP contribution in [0.15, 0.2) is 36.4 Å². The van der Waals surface area contributed by atoms with Crippen molar-refractivity contribution in [3.8, 4) is 11.3 Å². The van der Waals surface area contributed by atoms with Crippen molar-refractivity contribution in [1.29, 1.82) is 0 Å². The van der Waals surface area contributed by atoms with Gasteiger partial charge in [0.15, 0.2) is 0 Å². The topological polar surface area (TPSA) is 38.9 Å². The van der Waals surface area contributed by atoms with Crippen molar-refractivity contribution >= 4 is 0 Å². The average Bonchev–Trinajstić information content (AvgIpc) is 2.38. The Morgan fingerprint density at radius 3 is 2.28 bits per heavy atom. The minimum atomic E-state index is 0.0361. The molecule has 0 aliphatic heterocycles. The molecule has 0 aliphatic rings. The van der Waals surface area contributed by atoms with E-state index in [9.17, 15) is 0 Å². The van der Waals surface area contributed by atoms with Crippen molar-refractivity contribution < 1.29 is 0 Å². The highest BCUT2D eigenvalue weighted by molar-refractivity contribution is 5.60. The standard InChI is InChI=1S/C16H20N2/c1-4-13-5-7-14(8-6-13)16-10-9-15(11(2)17)12(3)18-16/h5-11H,4,17H2,1-3H3. The van der Waals surface area contributed by atoms with E-state index in [1.807, 2.05) is 19.9 Å². The summed E-state index contributed by atoms with van der Waals surface area (Å²) in [5.74, 6) is 0. The molecule has 0 fully saturated rings. The maximum absolute atomic E-state index is 5.90. The number of benzene rings is 1. The van der Waals surface area contributed by atoms with Crippen LogP contribution < -0.4 is 5.73 Å². The summed E-state index contributed by atoms with van der Waals surface area (Å²) in [4.78, 5) is 4.64. The Labute approximate surface area is 109 Å². The van der Waals surface area contributed by atoms with E-state index in [-0.39, 0.29) is 6.04 Å². The first-order valence-corrected chi connectivity index (χ1v) is 6.44. The summed E-state index contributed by atoms with van der Waals surface area (Å²) < 4.78 is 0. The summed E-state index contributed by atoms with van der Waals surface area (Å²) in [6.07, 6.45) is 1.07. The van der Waals surface area contributed by atoms with Crippen LogP contribution in [-0.2, 0) is 6.42 Å². The molecule has 2 nitrogen and oxygen atoms in total. The predicted octanol–water partition coefficient (Wildman–Crippen LogP) is 3.64. The van der Waals surface area contributed by atoms with Crippen molar-refractivity contribution in [1.82, 2.24) is 4.98 Å². The first-order chi connectivity index (χ1) is 8.61. The lowest BCUT2D eigenvalue weighted by Crippen LogP contribution is -2.08. The minimum Gasteiger partial charge on any atom is -0.324 e. The Hall–Kier alpha value is -1.67. The van der Waals surface area contributed by atoms with Crippen LogP contribution in [0.25, 0.3) is 11.3 Å². The normalized spacial score (nSPS) is 12.4. The largest absolute Gasteiger partial charge is 0.324 e. The van der Waals surface area contributed by atoms with Crippen LogP contribution in [0.2, 0.25) is 0 Å². The molecule has 1 aromatic carbocycles. The Balaban J connectivity index is 2.36. The summed E-state index contributed by atoms with van der Waals surface area (Å²) in [5, 5.41) is 0. The molecule has 1 atom stereocenters. The molecule has 0 saturated heterocycles. The quantitative estimate of drug-likeness (QED) is 0.889. The van der Waals surface area contributed by atoms with Crippen LogP contribution >= 0.6 is 0 Å². The van der Waals surface area contributed by atoms with Crippen molar-refractivity contribution in [3.05, 3.63) is 53.2 Å². The van der Waals surface area contributed by atoms with Crippen molar-refractivity contribution in [2.45, 2.75) is 33.2 Å². The van der Waals surface area contributed by atoms with E-state index >= 15 is 0 Å². The van der Waals surface area contributed by atoms with Crippen molar-refractivity contribution in [2.24, 2.45) is 5.73 Å². The number of hydrogen-bond donors (Lipinski definition) is 1. The van der Waals surface area contributed by atoms with Gasteiger partial charge in [0.1, 0.15) is 0 Å². The molecule has 2 heteroatoms. The average molecular weight is 240 g/mol. The molecular formula is C16H20N2. The number of nitrogens with zero attached hydrogens (tertiary/aromatic N) is 1. The molecule has 0 bridgehead atoms. The van der Waals surface area contributed by atoms with Crippen LogP contribution in [-0.4, -0.2) is 4.98 Å². The maximum Gasteiger partial charge on any atom is 0.0705 e. The molecule has 1 aromatic heterocycles. The summed E-state index contributed by atoms with van der Waals surface area (Å²) in [6.45, 7) is 6.16. The van der Waals surface area contributed by atoms with Crippen LogP contribution in [0.3, 0.4) is 0 Å². The Morgan fingerprint density at radius 2 is 1.78 bits per heavy atom. The molecule has 2 aromatic rings. The van der Waals surface area contributed by atoms with Gasteiger partial charge in [-0.3, -0.25) is 4.98 Å². The lowest BCUT2D eigenvalue weighted by molar-refractivity contribution is 0.800. The first-order valence-electron chi connectivity index (χ1n) is 6.44. The highest BCUT2D eigenvalue weighted by atomic mass is 14.7. The summed E-state index contributed by atoms with van der Waals surface area (Å²) in [5.41, 5.74) is 11.6. The molecule has 0 spiro atoms. The number of aromatic nitrogens is 1. The fourth-order valence-corrected chi connectivity index (χ4v) is 2.13. The molecule has 1 heterocycles. The van der Waals surface area contributed by atoms with Crippen LogP contribution in [0.5, 0.6) is 0 Å². The lowest BCUT2D eigenvalue weighted by Gasteiger charge is -2.11. The van der Waals surface area contributed by atoms with E-state index in [0.29, 0.717) is 0 Å². The van der Waals surface area contributed by atoms with Crippen LogP contribution in [0, 0.1) is 6.92 Å². The molecule has 94 valence electrons. The Bertz CT molecular complexity index is 527. The van der Waals surface area contributed by atoms with Gasteiger partial charge in [0.2, 0.25) is 0 Å². The van der Waals surface area contributed by atoms with Gasteiger partial charge in [-0.15, -0.1) is 0 Å². The fourth-order valence-electron chi connectivity index (χ4n) is 2.13. The first kappa shape index (κ1) is 12.8. The zero-order chi connectivity index (χ0) is 13.1. The Morgan fingerprint density at radius 1 is 1.11 bits per heavy atom. The van der Waals surface area contributed by atoms with Gasteiger partial charge in [-0.05, 0) is 37.5 Å². The molecule has 0 saturated carbocycles. The van der Waals surface area contributed by atoms with Crippen molar-refractivity contribution in [3.63, 3.8) is 0 Å². The summed E-state index contributed by atoms with van der Waals surface area (Å²) in [7, 11) is 0. The van der Waals surface area contributed by atoms with E-state index in [1.54, 1.807) is 0 Å². The molecule has 1 unspecified atom stereocenters. The van der Waals surface area contributed by atoms with Crippen LogP contribution in [0.1, 0.15) is 36.7 Å². The maximum atomic E-state index is 5.90. The Kier molecular flexibility index (Phi) is 3.78. The summed E-state index contributed by atoms with van der Waals surface area (Å²) in [6, 6.07) is 12.7.